The molecule has 0 bridgehead atoms. The number of anilines is 3. The molecule has 3 aromatic carbocycles. The summed E-state index contributed by atoms with van der Waals surface area (Å²) in [6.45, 7) is 1.89. The molecule has 0 saturated carbocycles. The smallest absolute Gasteiger partial charge is 0.378 e. The predicted molar refractivity (Wildman–Crippen MR) is 126 cm³/mol. The second kappa shape index (κ2) is 8.70. The zero-order valence-corrected chi connectivity index (χ0v) is 18.8. The molecule has 0 saturated heterocycles. The Hall–Kier alpha value is -4.07. The average Bonchev–Trinajstić information content (AvgIpc) is 3.03. The van der Waals surface area contributed by atoms with Crippen LogP contribution in [-0.4, -0.2) is 25.9 Å². The minimum atomic E-state index is -4.61. The van der Waals surface area contributed by atoms with Crippen LogP contribution in [0.4, 0.5) is 30.2 Å². The van der Waals surface area contributed by atoms with Gasteiger partial charge in [-0.15, -0.1) is 0 Å². The molecule has 2 amide bonds. The molecule has 0 fully saturated rings. The van der Waals surface area contributed by atoms with Crippen LogP contribution in [0, 0.1) is 6.92 Å². The molecule has 0 spiro atoms. The quantitative estimate of drug-likeness (QED) is 0.508. The number of aryl methyl sites for hydroxylation is 1. The van der Waals surface area contributed by atoms with E-state index in [0.717, 1.165) is 28.3 Å². The first kappa shape index (κ1) is 23.1. The van der Waals surface area contributed by atoms with Gasteiger partial charge >= 0.3 is 6.18 Å². The molecule has 3 aromatic rings. The van der Waals surface area contributed by atoms with E-state index >= 15 is 0 Å². The van der Waals surface area contributed by atoms with Gasteiger partial charge in [-0.25, -0.2) is 4.90 Å². The largest absolute Gasteiger partial charge is 0.416 e. The average molecular weight is 465 g/mol. The highest BCUT2D eigenvalue weighted by Gasteiger charge is 2.41. The van der Waals surface area contributed by atoms with E-state index in [2.05, 4.69) is 5.32 Å². The Morgan fingerprint density at radius 1 is 0.853 bits per heavy atom. The van der Waals surface area contributed by atoms with Crippen molar-refractivity contribution in [1.29, 1.82) is 0 Å². The standard InChI is InChI=1S/C26H22F3N3O2/c1-16-7-9-17(10-8-16)22-23(30-19-11-13-20(14-12-19)31(2)3)25(34)32(24(22)33)21-6-4-5-18(15-21)26(27,28)29/h4-15,30H,1-3H3. The lowest BCUT2D eigenvalue weighted by Gasteiger charge is -2.17. The molecule has 1 N–H and O–H groups in total. The normalized spacial score (nSPS) is 14.1. The number of nitrogens with zero attached hydrogens (tertiary/aromatic N) is 2. The van der Waals surface area contributed by atoms with Crippen LogP contribution in [0.25, 0.3) is 5.57 Å². The number of hydrogen-bond acceptors (Lipinski definition) is 4. The number of alkyl halides is 3. The first-order valence-corrected chi connectivity index (χ1v) is 10.5. The van der Waals surface area contributed by atoms with Gasteiger partial charge in [0.05, 0.1) is 16.8 Å². The third kappa shape index (κ3) is 4.39. The highest BCUT2D eigenvalue weighted by atomic mass is 19.4. The van der Waals surface area contributed by atoms with Gasteiger partial charge in [0.2, 0.25) is 0 Å². The monoisotopic (exact) mass is 465 g/mol. The summed E-state index contributed by atoms with van der Waals surface area (Å²) in [6.07, 6.45) is -4.61. The van der Waals surface area contributed by atoms with Gasteiger partial charge in [-0.1, -0.05) is 35.9 Å². The van der Waals surface area contributed by atoms with Gasteiger partial charge in [0.25, 0.3) is 11.8 Å². The van der Waals surface area contributed by atoms with Crippen molar-refractivity contribution in [2.24, 2.45) is 0 Å². The highest BCUT2D eigenvalue weighted by Crippen LogP contribution is 2.37. The summed E-state index contributed by atoms with van der Waals surface area (Å²) in [7, 11) is 3.79. The van der Waals surface area contributed by atoms with Gasteiger partial charge in [0, 0.05) is 25.5 Å². The van der Waals surface area contributed by atoms with Crippen LogP contribution in [0.1, 0.15) is 16.7 Å². The fourth-order valence-electron chi connectivity index (χ4n) is 3.68. The maximum Gasteiger partial charge on any atom is 0.416 e. The number of hydrogen-bond donors (Lipinski definition) is 1. The van der Waals surface area contributed by atoms with E-state index in [4.69, 9.17) is 0 Å². The summed E-state index contributed by atoms with van der Waals surface area (Å²) < 4.78 is 39.8. The third-order valence-corrected chi connectivity index (χ3v) is 5.51. The second-order valence-corrected chi connectivity index (χ2v) is 8.18. The molecule has 4 rings (SSSR count). The number of carbonyl (C=O) groups is 2. The van der Waals surface area contributed by atoms with Gasteiger partial charge in [-0.2, -0.15) is 13.2 Å². The van der Waals surface area contributed by atoms with Crippen LogP contribution in [-0.2, 0) is 15.8 Å². The van der Waals surface area contributed by atoms with E-state index in [1.54, 1.807) is 36.4 Å². The zero-order chi connectivity index (χ0) is 24.6. The Balaban J connectivity index is 1.78. The van der Waals surface area contributed by atoms with Gasteiger partial charge in [-0.05, 0) is 55.0 Å². The van der Waals surface area contributed by atoms with E-state index < -0.39 is 23.6 Å². The lowest BCUT2D eigenvalue weighted by molar-refractivity contribution is -0.137. The van der Waals surface area contributed by atoms with Crippen LogP contribution < -0.4 is 15.1 Å². The van der Waals surface area contributed by atoms with E-state index in [-0.39, 0.29) is 17.0 Å². The topological polar surface area (TPSA) is 52.7 Å². The lowest BCUT2D eigenvalue weighted by atomic mass is 10.0. The van der Waals surface area contributed by atoms with Crippen LogP contribution in [0.3, 0.4) is 0 Å². The Morgan fingerprint density at radius 3 is 2.09 bits per heavy atom. The third-order valence-electron chi connectivity index (χ3n) is 5.51. The molecule has 0 aromatic heterocycles. The van der Waals surface area contributed by atoms with Crippen molar-refractivity contribution >= 4 is 34.4 Å². The van der Waals surface area contributed by atoms with Crippen molar-refractivity contribution in [3.63, 3.8) is 0 Å². The van der Waals surface area contributed by atoms with E-state index in [9.17, 15) is 22.8 Å². The molecule has 1 aliphatic rings. The molecule has 0 radical (unpaired) electrons. The predicted octanol–water partition coefficient (Wildman–Crippen LogP) is 5.48. The van der Waals surface area contributed by atoms with Crippen molar-refractivity contribution in [3.05, 3.63) is 95.2 Å². The molecule has 0 unspecified atom stereocenters. The van der Waals surface area contributed by atoms with Crippen molar-refractivity contribution in [2.45, 2.75) is 13.1 Å². The first-order chi connectivity index (χ1) is 16.1. The molecule has 5 nitrogen and oxygen atoms in total. The highest BCUT2D eigenvalue weighted by molar-refractivity contribution is 6.46. The maximum absolute atomic E-state index is 13.4. The number of rotatable bonds is 5. The Labute approximate surface area is 195 Å². The Bertz CT molecular complexity index is 1280. The number of carbonyl (C=O) groups excluding carboxylic acids is 2. The molecular formula is C26H22F3N3O2. The summed E-state index contributed by atoms with van der Waals surface area (Å²) in [5, 5.41) is 3.02. The van der Waals surface area contributed by atoms with E-state index in [1.807, 2.05) is 38.1 Å². The molecule has 1 heterocycles. The second-order valence-electron chi connectivity index (χ2n) is 8.18. The van der Waals surface area contributed by atoms with Crippen LogP contribution in [0.5, 0.6) is 0 Å². The molecule has 34 heavy (non-hydrogen) atoms. The van der Waals surface area contributed by atoms with Gasteiger partial charge in [0.1, 0.15) is 5.70 Å². The molecular weight excluding hydrogens is 443 g/mol. The minimum absolute atomic E-state index is 0.00358. The van der Waals surface area contributed by atoms with Gasteiger partial charge in [-0.3, -0.25) is 9.59 Å². The van der Waals surface area contributed by atoms with Crippen LogP contribution in [0.15, 0.2) is 78.5 Å². The number of amides is 2. The maximum atomic E-state index is 13.4. The zero-order valence-electron chi connectivity index (χ0n) is 18.8. The van der Waals surface area contributed by atoms with Crippen molar-refractivity contribution in [3.8, 4) is 0 Å². The van der Waals surface area contributed by atoms with Crippen LogP contribution >= 0.6 is 0 Å². The Morgan fingerprint density at radius 2 is 1.50 bits per heavy atom. The molecule has 1 aliphatic heterocycles. The van der Waals surface area contributed by atoms with Gasteiger partial charge in [0.15, 0.2) is 0 Å². The van der Waals surface area contributed by atoms with Crippen LogP contribution in [0.2, 0.25) is 0 Å². The molecule has 0 atom stereocenters. The summed E-state index contributed by atoms with van der Waals surface area (Å²) in [6, 6.07) is 18.4. The van der Waals surface area contributed by atoms with E-state index in [1.165, 1.54) is 12.1 Å². The molecule has 0 aliphatic carbocycles. The minimum Gasteiger partial charge on any atom is -0.378 e. The number of imide groups is 1. The summed E-state index contributed by atoms with van der Waals surface area (Å²) in [5.41, 5.74) is 1.98. The first-order valence-electron chi connectivity index (χ1n) is 10.5. The molecule has 174 valence electrons. The Kier molecular flexibility index (Phi) is 5.91. The summed E-state index contributed by atoms with van der Waals surface area (Å²) in [4.78, 5) is 29.5. The number of halogens is 3. The fraction of sp³-hybridized carbons (Fsp3) is 0.154. The lowest BCUT2D eigenvalue weighted by Crippen LogP contribution is -2.32. The fourth-order valence-corrected chi connectivity index (χ4v) is 3.68. The van der Waals surface area contributed by atoms with Crippen molar-refractivity contribution in [2.75, 3.05) is 29.2 Å². The summed E-state index contributed by atoms with van der Waals surface area (Å²) in [5.74, 6) is -1.42. The van der Waals surface area contributed by atoms with Crippen molar-refractivity contribution < 1.29 is 22.8 Å². The van der Waals surface area contributed by atoms with E-state index in [0.29, 0.717) is 11.3 Å². The van der Waals surface area contributed by atoms with Crippen molar-refractivity contribution in [1.82, 2.24) is 0 Å². The number of benzene rings is 3. The SMILES string of the molecule is Cc1ccc(C2=C(Nc3ccc(N(C)C)cc3)C(=O)N(c3cccc(C(F)(F)F)c3)C2=O)cc1. The number of nitrogens with one attached hydrogen (secondary N) is 1. The van der Waals surface area contributed by atoms with Gasteiger partial charge < -0.3 is 10.2 Å². The summed E-state index contributed by atoms with van der Waals surface area (Å²) >= 11 is 0. The molecule has 8 heteroatoms.